The molecule has 1 aliphatic carbocycles. The van der Waals surface area contributed by atoms with Gasteiger partial charge in [0.1, 0.15) is 0 Å². The van der Waals surface area contributed by atoms with Crippen LogP contribution in [0.25, 0.3) is 55.3 Å². The lowest BCUT2D eigenvalue weighted by molar-refractivity contribution is 0.660. The Balaban J connectivity index is 1.25. The first-order valence-electron chi connectivity index (χ1n) is 17.4. The minimum atomic E-state index is -0.160. The quantitative estimate of drug-likeness (QED) is 0.175. The molecule has 0 saturated heterocycles. The summed E-state index contributed by atoms with van der Waals surface area (Å²) >= 11 is 0. The van der Waals surface area contributed by atoms with Crippen molar-refractivity contribution in [1.82, 2.24) is 0 Å². The van der Waals surface area contributed by atoms with Gasteiger partial charge in [-0.1, -0.05) is 166 Å². The minimum Gasteiger partial charge on any atom is -0.310 e. The largest absolute Gasteiger partial charge is 0.310 e. The van der Waals surface area contributed by atoms with E-state index in [0.29, 0.717) is 0 Å². The third-order valence-corrected chi connectivity index (χ3v) is 10.4. The van der Waals surface area contributed by atoms with Gasteiger partial charge < -0.3 is 4.90 Å². The van der Waals surface area contributed by atoms with E-state index in [-0.39, 0.29) is 5.41 Å². The van der Waals surface area contributed by atoms with Gasteiger partial charge in [-0.15, -0.1) is 0 Å². The molecule has 0 aromatic heterocycles. The van der Waals surface area contributed by atoms with Crippen LogP contribution in [0.4, 0.5) is 17.1 Å². The fraction of sp³-hybridized carbons (Fsp3) is 0.0612. The van der Waals surface area contributed by atoms with Crippen molar-refractivity contribution in [3.8, 4) is 44.5 Å². The van der Waals surface area contributed by atoms with E-state index in [1.807, 2.05) is 0 Å². The molecule has 0 aliphatic heterocycles. The summed E-state index contributed by atoms with van der Waals surface area (Å²) in [5.74, 6) is 0. The summed E-state index contributed by atoms with van der Waals surface area (Å²) in [6.07, 6.45) is 0. The Kier molecular flexibility index (Phi) is 7.21. The summed E-state index contributed by atoms with van der Waals surface area (Å²) in [6.45, 7) is 4.75. The van der Waals surface area contributed by atoms with Gasteiger partial charge in [0.2, 0.25) is 0 Å². The number of hydrogen-bond donors (Lipinski definition) is 0. The monoisotopic (exact) mass is 639 g/mol. The number of benzene rings is 8. The molecule has 0 fully saturated rings. The molecule has 0 amide bonds. The molecule has 0 atom stereocenters. The highest BCUT2D eigenvalue weighted by atomic mass is 15.1. The predicted octanol–water partition coefficient (Wildman–Crippen LogP) is 13.6. The number of hydrogen-bond acceptors (Lipinski definition) is 1. The second-order valence-electron chi connectivity index (χ2n) is 13.8. The number of fused-ring (bicyclic) bond motifs is 4. The lowest BCUT2D eigenvalue weighted by atomic mass is 9.81. The molecule has 9 rings (SSSR count). The summed E-state index contributed by atoms with van der Waals surface area (Å²) in [5, 5.41) is 2.47. The second kappa shape index (κ2) is 12.1. The highest BCUT2D eigenvalue weighted by Crippen LogP contribution is 2.54. The van der Waals surface area contributed by atoms with Gasteiger partial charge in [-0.25, -0.2) is 0 Å². The van der Waals surface area contributed by atoms with Crippen molar-refractivity contribution < 1.29 is 0 Å². The van der Waals surface area contributed by atoms with Gasteiger partial charge in [0.15, 0.2) is 0 Å². The molecule has 1 aliphatic rings. The van der Waals surface area contributed by atoms with E-state index in [1.165, 1.54) is 66.4 Å². The summed E-state index contributed by atoms with van der Waals surface area (Å²) in [5.41, 5.74) is 16.0. The highest BCUT2D eigenvalue weighted by molar-refractivity contribution is 6.01. The molecule has 1 nitrogen and oxygen atoms in total. The maximum atomic E-state index is 2.44. The Bertz CT molecular complexity index is 2480. The normalized spacial score (nSPS) is 12.8. The fourth-order valence-electron chi connectivity index (χ4n) is 7.93. The lowest BCUT2D eigenvalue weighted by Crippen LogP contribution is -2.16. The zero-order valence-corrected chi connectivity index (χ0v) is 28.3. The van der Waals surface area contributed by atoms with Crippen LogP contribution in [-0.4, -0.2) is 0 Å². The van der Waals surface area contributed by atoms with Crippen molar-refractivity contribution in [3.63, 3.8) is 0 Å². The number of anilines is 3. The van der Waals surface area contributed by atoms with Gasteiger partial charge >= 0.3 is 0 Å². The van der Waals surface area contributed by atoms with Gasteiger partial charge in [0, 0.05) is 22.5 Å². The molecule has 50 heavy (non-hydrogen) atoms. The van der Waals surface area contributed by atoms with E-state index in [9.17, 15) is 0 Å². The molecule has 0 spiro atoms. The standard InChI is InChI=1S/C49H37N/c1-49(2)46-24-14-23-43(36-17-8-4-9-18-36)48(46)44-30-29-40(33-47(44)49)50(39-27-25-35(26-28-39)34-15-6-3-7-16-34)41-31-38-21-12-13-22-42(38)45(32-41)37-19-10-5-11-20-37/h3-33H,1-2H3. The van der Waals surface area contributed by atoms with Crippen molar-refractivity contribution in [2.75, 3.05) is 4.90 Å². The van der Waals surface area contributed by atoms with Crippen molar-refractivity contribution in [1.29, 1.82) is 0 Å². The van der Waals surface area contributed by atoms with Crippen LogP contribution in [0.1, 0.15) is 25.0 Å². The molecule has 8 aromatic carbocycles. The van der Waals surface area contributed by atoms with E-state index < -0.39 is 0 Å². The Morgan fingerprint density at radius 3 is 1.64 bits per heavy atom. The van der Waals surface area contributed by atoms with Crippen LogP contribution in [0.5, 0.6) is 0 Å². The third-order valence-electron chi connectivity index (χ3n) is 10.4. The average Bonchev–Trinajstić information content (AvgIpc) is 3.41. The van der Waals surface area contributed by atoms with Crippen LogP contribution < -0.4 is 4.90 Å². The van der Waals surface area contributed by atoms with E-state index in [1.54, 1.807) is 0 Å². The topological polar surface area (TPSA) is 3.24 Å². The molecule has 1 heteroatoms. The second-order valence-corrected chi connectivity index (χ2v) is 13.8. The van der Waals surface area contributed by atoms with E-state index in [4.69, 9.17) is 0 Å². The minimum absolute atomic E-state index is 0.160. The first-order valence-corrected chi connectivity index (χ1v) is 17.4. The van der Waals surface area contributed by atoms with E-state index >= 15 is 0 Å². The fourth-order valence-corrected chi connectivity index (χ4v) is 7.93. The zero-order valence-electron chi connectivity index (χ0n) is 28.3. The molecule has 0 unspecified atom stereocenters. The number of nitrogens with zero attached hydrogens (tertiary/aromatic N) is 1. The molecular weight excluding hydrogens is 603 g/mol. The highest BCUT2D eigenvalue weighted by Gasteiger charge is 2.37. The Labute approximate surface area is 294 Å². The summed E-state index contributed by atoms with van der Waals surface area (Å²) < 4.78 is 0. The smallest absolute Gasteiger partial charge is 0.0474 e. The van der Waals surface area contributed by atoms with Crippen LogP contribution in [0.2, 0.25) is 0 Å². The van der Waals surface area contributed by atoms with Gasteiger partial charge in [-0.3, -0.25) is 0 Å². The van der Waals surface area contributed by atoms with Crippen molar-refractivity contribution in [2.24, 2.45) is 0 Å². The van der Waals surface area contributed by atoms with Crippen LogP contribution in [0.15, 0.2) is 188 Å². The maximum absolute atomic E-state index is 2.44. The number of rotatable bonds is 6. The SMILES string of the molecule is CC1(C)c2cc(N(c3ccc(-c4ccccc4)cc3)c3cc(-c4ccccc4)c4ccccc4c3)ccc2-c2c(-c3ccccc3)cccc21. The summed E-state index contributed by atoms with van der Waals surface area (Å²) in [4.78, 5) is 2.44. The van der Waals surface area contributed by atoms with Crippen molar-refractivity contribution in [3.05, 3.63) is 199 Å². The van der Waals surface area contributed by atoms with Crippen LogP contribution in [-0.2, 0) is 5.41 Å². The molecule has 0 heterocycles. The van der Waals surface area contributed by atoms with E-state index in [0.717, 1.165) is 17.1 Å². The summed E-state index contributed by atoms with van der Waals surface area (Å²) in [7, 11) is 0. The van der Waals surface area contributed by atoms with Crippen LogP contribution in [0.3, 0.4) is 0 Å². The summed E-state index contributed by atoms with van der Waals surface area (Å²) in [6, 6.07) is 68.6. The van der Waals surface area contributed by atoms with Gasteiger partial charge in [0.05, 0.1) is 0 Å². The molecule has 238 valence electrons. The van der Waals surface area contributed by atoms with E-state index in [2.05, 4.69) is 207 Å². The van der Waals surface area contributed by atoms with Crippen LogP contribution in [0, 0.1) is 0 Å². The Morgan fingerprint density at radius 2 is 0.940 bits per heavy atom. The third kappa shape index (κ3) is 5.02. The molecular formula is C49H37N. The van der Waals surface area contributed by atoms with Crippen LogP contribution >= 0.6 is 0 Å². The van der Waals surface area contributed by atoms with Crippen molar-refractivity contribution >= 4 is 27.8 Å². The first kappa shape index (κ1) is 29.9. The molecule has 8 aromatic rings. The Hall–Kier alpha value is -6.18. The predicted molar refractivity (Wildman–Crippen MR) is 213 cm³/mol. The van der Waals surface area contributed by atoms with Crippen molar-refractivity contribution in [2.45, 2.75) is 19.3 Å². The molecule has 0 radical (unpaired) electrons. The Morgan fingerprint density at radius 1 is 0.360 bits per heavy atom. The molecule has 0 saturated carbocycles. The van der Waals surface area contributed by atoms with Gasteiger partial charge in [-0.2, -0.15) is 0 Å². The van der Waals surface area contributed by atoms with Gasteiger partial charge in [0.25, 0.3) is 0 Å². The first-order chi connectivity index (χ1) is 24.6. The lowest BCUT2D eigenvalue weighted by Gasteiger charge is -2.29. The molecule has 0 N–H and O–H groups in total. The maximum Gasteiger partial charge on any atom is 0.0474 e. The van der Waals surface area contributed by atoms with Gasteiger partial charge in [-0.05, 0) is 103 Å². The average molecular weight is 640 g/mol. The molecule has 0 bridgehead atoms. The zero-order chi connectivity index (χ0) is 33.7.